The third-order valence-electron chi connectivity index (χ3n) is 4.06. The molecule has 7 heteroatoms. The Bertz CT molecular complexity index is 1100. The minimum Gasteiger partial charge on any atom is -0.506 e. The summed E-state index contributed by atoms with van der Waals surface area (Å²) in [6, 6.07) is 12.8. The lowest BCUT2D eigenvalue weighted by molar-refractivity contribution is 0.340. The topological polar surface area (TPSA) is 67.3 Å². The first kappa shape index (κ1) is 17.6. The number of halogens is 1. The fourth-order valence-corrected chi connectivity index (χ4v) is 3.90. The van der Waals surface area contributed by atoms with Crippen LogP contribution in [0, 0.1) is 0 Å². The standard InChI is InChI=1S/C20H16ClN3O2S/c1-2-26-14-6-3-12(4-7-14)15-10-27-20-18(15)19(22-11-23-20)24-16-9-13(21)5-8-17(16)25/h3-11,25H,2H2,1H3,(H,22,23,24). The SMILES string of the molecule is CCOc1ccc(-c2csc3ncnc(Nc4cc(Cl)ccc4O)c23)cc1. The van der Waals surface area contributed by atoms with E-state index < -0.39 is 0 Å². The summed E-state index contributed by atoms with van der Waals surface area (Å²) in [6.07, 6.45) is 1.50. The molecule has 2 aromatic heterocycles. The normalized spacial score (nSPS) is 10.9. The van der Waals surface area contributed by atoms with Gasteiger partial charge in [0, 0.05) is 16.0 Å². The van der Waals surface area contributed by atoms with Crippen LogP contribution in [0.2, 0.25) is 5.02 Å². The fraction of sp³-hybridized carbons (Fsp3) is 0.100. The van der Waals surface area contributed by atoms with Gasteiger partial charge in [0.1, 0.15) is 28.5 Å². The molecule has 0 saturated heterocycles. The maximum Gasteiger partial charge on any atom is 0.143 e. The van der Waals surface area contributed by atoms with Crippen molar-refractivity contribution in [2.75, 3.05) is 11.9 Å². The van der Waals surface area contributed by atoms with Gasteiger partial charge in [-0.1, -0.05) is 23.7 Å². The summed E-state index contributed by atoms with van der Waals surface area (Å²) in [6.45, 7) is 2.59. The highest BCUT2D eigenvalue weighted by Gasteiger charge is 2.14. The third kappa shape index (κ3) is 3.54. The largest absolute Gasteiger partial charge is 0.506 e. The molecule has 2 aromatic carbocycles. The van der Waals surface area contributed by atoms with E-state index in [-0.39, 0.29) is 5.75 Å². The zero-order valence-corrected chi connectivity index (χ0v) is 16.0. The Morgan fingerprint density at radius 2 is 1.96 bits per heavy atom. The molecule has 0 atom stereocenters. The number of fused-ring (bicyclic) bond motifs is 1. The van der Waals surface area contributed by atoms with Crippen LogP contribution in [0.5, 0.6) is 11.5 Å². The number of hydrogen-bond donors (Lipinski definition) is 2. The molecule has 0 unspecified atom stereocenters. The Morgan fingerprint density at radius 3 is 2.74 bits per heavy atom. The Labute approximate surface area is 165 Å². The van der Waals surface area contributed by atoms with E-state index in [1.165, 1.54) is 6.33 Å². The number of benzene rings is 2. The lowest BCUT2D eigenvalue weighted by Crippen LogP contribution is -1.96. The Hall–Kier alpha value is -2.83. The smallest absolute Gasteiger partial charge is 0.143 e. The molecular formula is C20H16ClN3O2S. The van der Waals surface area contributed by atoms with Crippen molar-refractivity contribution in [1.29, 1.82) is 0 Å². The minimum absolute atomic E-state index is 0.101. The molecule has 136 valence electrons. The first-order valence-corrected chi connectivity index (χ1v) is 9.62. The minimum atomic E-state index is 0.101. The van der Waals surface area contributed by atoms with Crippen LogP contribution in [0.3, 0.4) is 0 Å². The van der Waals surface area contributed by atoms with Gasteiger partial charge in [-0.3, -0.25) is 0 Å². The predicted molar refractivity (Wildman–Crippen MR) is 110 cm³/mol. The summed E-state index contributed by atoms with van der Waals surface area (Å²) in [5.41, 5.74) is 2.55. The molecule has 0 aliphatic rings. The highest BCUT2D eigenvalue weighted by Crippen LogP contribution is 2.39. The van der Waals surface area contributed by atoms with Gasteiger partial charge in [0.05, 0.1) is 17.7 Å². The molecule has 0 radical (unpaired) electrons. The Balaban J connectivity index is 1.78. The first-order chi connectivity index (χ1) is 13.2. The molecule has 2 N–H and O–H groups in total. The lowest BCUT2D eigenvalue weighted by Gasteiger charge is -2.10. The van der Waals surface area contributed by atoms with Gasteiger partial charge in [-0.15, -0.1) is 11.3 Å². The van der Waals surface area contributed by atoms with Gasteiger partial charge >= 0.3 is 0 Å². The second-order valence-corrected chi connectivity index (χ2v) is 7.09. The zero-order chi connectivity index (χ0) is 18.8. The predicted octanol–water partition coefficient (Wildman–Crippen LogP) is 5.86. The van der Waals surface area contributed by atoms with E-state index in [4.69, 9.17) is 16.3 Å². The zero-order valence-electron chi connectivity index (χ0n) is 14.4. The molecule has 0 amide bonds. The summed E-state index contributed by atoms with van der Waals surface area (Å²) in [5, 5.41) is 16.8. The third-order valence-corrected chi connectivity index (χ3v) is 5.18. The van der Waals surface area contributed by atoms with Crippen molar-refractivity contribution in [3.63, 3.8) is 0 Å². The van der Waals surface area contributed by atoms with E-state index in [0.717, 1.165) is 27.1 Å². The van der Waals surface area contributed by atoms with Crippen LogP contribution in [0.4, 0.5) is 11.5 Å². The van der Waals surface area contributed by atoms with Crippen LogP contribution in [0.25, 0.3) is 21.3 Å². The van der Waals surface area contributed by atoms with E-state index in [9.17, 15) is 5.11 Å². The number of nitrogens with one attached hydrogen (secondary N) is 1. The van der Waals surface area contributed by atoms with Crippen molar-refractivity contribution in [1.82, 2.24) is 9.97 Å². The van der Waals surface area contributed by atoms with Crippen molar-refractivity contribution in [2.24, 2.45) is 0 Å². The number of aromatic hydroxyl groups is 1. The van der Waals surface area contributed by atoms with Crippen LogP contribution in [-0.2, 0) is 0 Å². The van der Waals surface area contributed by atoms with Crippen molar-refractivity contribution >= 4 is 44.7 Å². The van der Waals surface area contributed by atoms with Gasteiger partial charge in [0.25, 0.3) is 0 Å². The molecule has 5 nitrogen and oxygen atoms in total. The van der Waals surface area contributed by atoms with Gasteiger partial charge in [0.15, 0.2) is 0 Å². The van der Waals surface area contributed by atoms with E-state index in [2.05, 4.69) is 20.7 Å². The number of rotatable bonds is 5. The molecule has 2 heterocycles. The summed E-state index contributed by atoms with van der Waals surface area (Å²) in [7, 11) is 0. The van der Waals surface area contributed by atoms with Gasteiger partial charge in [-0.2, -0.15) is 0 Å². The van der Waals surface area contributed by atoms with Crippen LogP contribution in [0.15, 0.2) is 54.2 Å². The number of ether oxygens (including phenoxy) is 1. The average molecular weight is 398 g/mol. The highest BCUT2D eigenvalue weighted by atomic mass is 35.5. The molecular weight excluding hydrogens is 382 g/mol. The van der Waals surface area contributed by atoms with Gasteiger partial charge in [-0.05, 0) is 42.8 Å². The van der Waals surface area contributed by atoms with Crippen molar-refractivity contribution in [2.45, 2.75) is 6.92 Å². The second-order valence-electron chi connectivity index (χ2n) is 5.80. The number of thiophene rings is 1. The van der Waals surface area contributed by atoms with Gasteiger partial charge in [0.2, 0.25) is 0 Å². The molecule has 0 aliphatic carbocycles. The number of phenolic OH excluding ortho intramolecular Hbond substituents is 1. The summed E-state index contributed by atoms with van der Waals surface area (Å²) < 4.78 is 5.52. The van der Waals surface area contributed by atoms with Crippen LogP contribution >= 0.6 is 22.9 Å². The maximum absolute atomic E-state index is 10.1. The van der Waals surface area contributed by atoms with Gasteiger partial charge in [-0.25, -0.2) is 9.97 Å². The van der Waals surface area contributed by atoms with Crippen molar-refractivity contribution in [3.8, 4) is 22.6 Å². The number of hydrogen-bond acceptors (Lipinski definition) is 6. The van der Waals surface area contributed by atoms with Crippen molar-refractivity contribution in [3.05, 3.63) is 59.2 Å². The number of aromatic nitrogens is 2. The second kappa shape index (κ2) is 7.42. The van der Waals surface area contributed by atoms with E-state index in [1.807, 2.05) is 31.2 Å². The van der Waals surface area contributed by atoms with Crippen molar-refractivity contribution < 1.29 is 9.84 Å². The molecule has 0 fully saturated rings. The van der Waals surface area contributed by atoms with E-state index in [1.54, 1.807) is 29.5 Å². The monoisotopic (exact) mass is 397 g/mol. The Kier molecular flexibility index (Phi) is 4.83. The van der Waals surface area contributed by atoms with Crippen LogP contribution in [-0.4, -0.2) is 21.7 Å². The van der Waals surface area contributed by atoms with E-state index in [0.29, 0.717) is 23.1 Å². The molecule has 27 heavy (non-hydrogen) atoms. The fourth-order valence-electron chi connectivity index (χ4n) is 2.82. The summed E-state index contributed by atoms with van der Waals surface area (Å²) in [5.74, 6) is 1.55. The molecule has 0 saturated carbocycles. The molecule has 0 bridgehead atoms. The lowest BCUT2D eigenvalue weighted by atomic mass is 10.1. The number of phenols is 1. The number of anilines is 2. The molecule has 0 aliphatic heterocycles. The van der Waals surface area contributed by atoms with Crippen LogP contribution < -0.4 is 10.1 Å². The molecule has 4 aromatic rings. The number of nitrogens with zero attached hydrogens (tertiary/aromatic N) is 2. The Morgan fingerprint density at radius 1 is 1.15 bits per heavy atom. The van der Waals surface area contributed by atoms with E-state index >= 15 is 0 Å². The van der Waals surface area contributed by atoms with Gasteiger partial charge < -0.3 is 15.2 Å². The highest BCUT2D eigenvalue weighted by molar-refractivity contribution is 7.17. The molecule has 0 spiro atoms. The van der Waals surface area contributed by atoms with Crippen LogP contribution in [0.1, 0.15) is 6.92 Å². The quantitative estimate of drug-likeness (QED) is 0.413. The summed E-state index contributed by atoms with van der Waals surface area (Å²) in [4.78, 5) is 9.61. The average Bonchev–Trinajstić information content (AvgIpc) is 3.11. The first-order valence-electron chi connectivity index (χ1n) is 8.36. The maximum atomic E-state index is 10.1. The summed E-state index contributed by atoms with van der Waals surface area (Å²) >= 11 is 7.60. The molecule has 4 rings (SSSR count).